The second kappa shape index (κ2) is 23.3. The van der Waals surface area contributed by atoms with Gasteiger partial charge >= 0.3 is 5.97 Å². The number of non-ortho nitro benzene ring substituents is 1. The molecule has 0 amide bonds. The van der Waals surface area contributed by atoms with E-state index < -0.39 is 113 Å². The van der Waals surface area contributed by atoms with Crippen molar-refractivity contribution in [3.05, 3.63) is 51.8 Å². The molecule has 7 rings (SSSR count). The highest BCUT2D eigenvalue weighted by Gasteiger charge is 2.56. The van der Waals surface area contributed by atoms with Crippen molar-refractivity contribution >= 4 is 17.4 Å². The number of cyclic esters (lactones) is 1. The van der Waals surface area contributed by atoms with Gasteiger partial charge in [-0.3, -0.25) is 29.3 Å². The molecular weight excluding hydrogens is 949 g/mol. The molecule has 5 aliphatic heterocycles. The van der Waals surface area contributed by atoms with E-state index in [-0.39, 0.29) is 49.5 Å². The van der Waals surface area contributed by atoms with Crippen molar-refractivity contribution < 1.29 is 68.1 Å². The van der Waals surface area contributed by atoms with Crippen molar-refractivity contribution in [2.75, 3.05) is 33.9 Å². The van der Waals surface area contributed by atoms with Crippen molar-refractivity contribution in [1.29, 1.82) is 0 Å². The maximum absolute atomic E-state index is 14.4. The first-order chi connectivity index (χ1) is 34.4. The number of rotatable bonds is 15. The summed E-state index contributed by atoms with van der Waals surface area (Å²) in [6.45, 7) is 18.1. The Morgan fingerprint density at radius 2 is 1.70 bits per heavy atom. The fraction of sp³-hybridized carbons (Fsp3) is 0.808. The number of hydrogen-bond acceptors (Lipinski definition) is 19. The molecule has 0 saturated carbocycles. The van der Waals surface area contributed by atoms with Crippen molar-refractivity contribution in [2.45, 2.75) is 211 Å². The third kappa shape index (κ3) is 12.5. The Kier molecular flexibility index (Phi) is 18.3. The quantitative estimate of drug-likeness (QED) is 0.113. The van der Waals surface area contributed by atoms with Gasteiger partial charge in [0.2, 0.25) is 0 Å². The molecule has 1 aromatic carbocycles. The van der Waals surface area contributed by atoms with Crippen LogP contribution >= 0.6 is 0 Å². The van der Waals surface area contributed by atoms with Gasteiger partial charge in [-0.25, -0.2) is 0 Å². The zero-order valence-electron chi connectivity index (χ0n) is 44.6. The fourth-order valence-corrected chi connectivity index (χ4v) is 12.2. The lowest BCUT2D eigenvalue weighted by molar-refractivity contribution is -0.384. The Morgan fingerprint density at radius 3 is 2.37 bits per heavy atom. The lowest BCUT2D eigenvalue weighted by Gasteiger charge is -2.49. The molecule has 19 atom stereocenters. The highest BCUT2D eigenvalue weighted by molar-refractivity contribution is 5.84. The van der Waals surface area contributed by atoms with Crippen LogP contribution in [0.1, 0.15) is 112 Å². The van der Waals surface area contributed by atoms with Crippen molar-refractivity contribution in [3.63, 3.8) is 0 Å². The summed E-state index contributed by atoms with van der Waals surface area (Å²) in [6.07, 6.45) is -4.81. The molecule has 0 radical (unpaired) electrons. The fourth-order valence-electron chi connectivity index (χ4n) is 12.2. The minimum Gasteiger partial charge on any atom is -0.459 e. The molecule has 0 unspecified atom stereocenters. The standard InChI is InChI=1S/C52H82N6O15/c1-12-40-52(9,64)45(61)30(3)42(59)35-23-51(8,68-28-35)47(31(4)44(32(5)48(63)71-40)72-41-24-50(7,67-11)46(62)33(6)70-41)73-49-43(60)39(22-29(2)69-49)55(10)21-19-36-26-57(54-53-36)27-38-14-13-20-56(38)25-34-15-17-37(18-16-34)58(65)66/h15-18,26,29-33,35,38-41,43-47,49,60-62,64H,12-14,19-25,27-28H2,1-11H3/t29-,30+,31+,32-,33+,35+,38+,39+,40-,41+,43-,44+,45-,46+,47-,49+,50-,51-,52-/m1/s1. The summed E-state index contributed by atoms with van der Waals surface area (Å²) >= 11 is 0. The largest absolute Gasteiger partial charge is 0.459 e. The number of benzene rings is 1. The van der Waals surface area contributed by atoms with Crippen molar-refractivity contribution in [1.82, 2.24) is 24.8 Å². The number of Topliss-reactive ketones (excluding diaryl/α,β-unsaturated/α-hetero) is 1. The molecule has 73 heavy (non-hydrogen) atoms. The number of nitro benzene ring substituents is 1. The van der Waals surface area contributed by atoms with Crippen LogP contribution in [0.2, 0.25) is 0 Å². The number of carbonyl (C=O) groups is 2. The highest BCUT2D eigenvalue weighted by Crippen LogP contribution is 2.45. The van der Waals surface area contributed by atoms with E-state index in [0.717, 1.165) is 30.6 Å². The predicted molar refractivity (Wildman–Crippen MR) is 264 cm³/mol. The predicted octanol–water partition coefficient (Wildman–Crippen LogP) is 3.58. The Morgan fingerprint density at radius 1 is 0.986 bits per heavy atom. The van der Waals surface area contributed by atoms with Gasteiger partial charge in [0, 0.05) is 81.2 Å². The number of aliphatic hydroxyl groups excluding tert-OH is 3. The number of aliphatic hydroxyl groups is 4. The smallest absolute Gasteiger partial charge is 0.311 e. The number of likely N-dealkylation sites (N-methyl/N-ethyl adjacent to an activating group) is 1. The number of hydrogen-bond donors (Lipinski definition) is 4. The average molecular weight is 1030 g/mol. The number of carbonyl (C=O) groups excluding carboxylic acids is 2. The summed E-state index contributed by atoms with van der Waals surface area (Å²) in [5.74, 6) is -4.61. The van der Waals surface area contributed by atoms with Gasteiger partial charge in [0.1, 0.15) is 29.7 Å². The van der Waals surface area contributed by atoms with Crippen LogP contribution in [0.25, 0.3) is 0 Å². The van der Waals surface area contributed by atoms with Crippen LogP contribution in [0.4, 0.5) is 5.69 Å². The summed E-state index contributed by atoms with van der Waals surface area (Å²) in [6, 6.07) is 6.50. The molecule has 2 aromatic rings. The lowest BCUT2D eigenvalue weighted by atomic mass is 9.75. The van der Waals surface area contributed by atoms with Crippen LogP contribution in [-0.2, 0) is 62.3 Å². The van der Waals surface area contributed by atoms with Gasteiger partial charge in [-0.05, 0) is 92.8 Å². The second-order valence-corrected chi connectivity index (χ2v) is 22.4. The van der Waals surface area contributed by atoms with Crippen LogP contribution in [0.3, 0.4) is 0 Å². The number of nitrogens with zero attached hydrogens (tertiary/aromatic N) is 6. The number of esters is 1. The maximum atomic E-state index is 14.4. The van der Waals surface area contributed by atoms with Gasteiger partial charge in [-0.2, -0.15) is 0 Å². The SMILES string of the molecule is CC[C@H]1OC(=O)[C@H](C)[C@@H](O[C@H]2C[C@@](C)(OC)[C@@H](O)[C@H](C)O2)[C@H](C)[C@@H](O[C@@H]2O[C@H](C)C[C@H](N(C)CCc3cn(C[C@@H]4CCCN4Cc4ccc([N+](=O)[O-])cc4)nn3)[C@H]2O)[C@@]2(C)C[C@@H](CO2)C(=O)[C@H](C)[C@@H](O)[C@]1(C)O. The monoisotopic (exact) mass is 1030 g/mol. The number of ether oxygens (including phenoxy) is 7. The number of nitro groups is 1. The minimum absolute atomic E-state index is 0.0102. The molecule has 1 aromatic heterocycles. The summed E-state index contributed by atoms with van der Waals surface area (Å²) in [5, 5.41) is 66.9. The van der Waals surface area contributed by atoms with E-state index in [1.807, 2.05) is 50.8 Å². The summed E-state index contributed by atoms with van der Waals surface area (Å²) in [7, 11) is 3.44. The van der Waals surface area contributed by atoms with Crippen LogP contribution in [0.15, 0.2) is 30.5 Å². The van der Waals surface area contributed by atoms with Gasteiger partial charge in [-0.15, -0.1) is 5.10 Å². The van der Waals surface area contributed by atoms with E-state index in [9.17, 15) is 40.1 Å². The third-order valence-electron chi connectivity index (χ3n) is 16.9. The molecule has 5 fully saturated rings. The van der Waals surface area contributed by atoms with E-state index >= 15 is 0 Å². The molecule has 410 valence electrons. The summed E-state index contributed by atoms with van der Waals surface area (Å²) < 4.78 is 46.9. The highest BCUT2D eigenvalue weighted by atomic mass is 16.7. The average Bonchev–Trinajstić information content (AvgIpc) is 4.12. The first-order valence-electron chi connectivity index (χ1n) is 26.3. The zero-order chi connectivity index (χ0) is 53.3. The van der Waals surface area contributed by atoms with Crippen LogP contribution in [-0.4, -0.2) is 186 Å². The molecule has 21 heteroatoms. The van der Waals surface area contributed by atoms with E-state index in [4.69, 9.17) is 33.2 Å². The molecule has 0 spiro atoms. The second-order valence-electron chi connectivity index (χ2n) is 22.4. The Hall–Kier alpha value is -3.58. The van der Waals surface area contributed by atoms with Crippen LogP contribution < -0.4 is 0 Å². The number of ketones is 1. The number of fused-ring (bicyclic) bond motifs is 2. The van der Waals surface area contributed by atoms with E-state index in [1.165, 1.54) is 26.2 Å². The molecule has 2 bridgehead atoms. The summed E-state index contributed by atoms with van der Waals surface area (Å²) in [4.78, 5) is 43.9. The van der Waals surface area contributed by atoms with Crippen molar-refractivity contribution in [3.8, 4) is 0 Å². The molecule has 5 aliphatic rings. The summed E-state index contributed by atoms with van der Waals surface area (Å²) in [5.41, 5.74) is -2.41. The molecule has 6 heterocycles. The zero-order valence-corrected chi connectivity index (χ0v) is 44.6. The minimum atomic E-state index is -2.00. The maximum Gasteiger partial charge on any atom is 0.311 e. The Balaban J connectivity index is 1.10. The Bertz CT molecular complexity index is 2180. The molecular formula is C52H82N6O15. The first-order valence-corrected chi connectivity index (χ1v) is 26.3. The van der Waals surface area contributed by atoms with Crippen molar-refractivity contribution in [2.24, 2.45) is 23.7 Å². The van der Waals surface area contributed by atoms with E-state index in [2.05, 4.69) is 20.1 Å². The molecule has 21 nitrogen and oxygen atoms in total. The van der Waals surface area contributed by atoms with E-state index in [0.29, 0.717) is 32.5 Å². The van der Waals surface area contributed by atoms with Gasteiger partial charge in [0.15, 0.2) is 12.6 Å². The number of aromatic nitrogens is 3. The topological polar surface area (TPSA) is 260 Å². The van der Waals surface area contributed by atoms with Gasteiger partial charge in [0.05, 0.1) is 71.4 Å². The number of likely N-dealkylation sites (tertiary alicyclic amines) is 1. The third-order valence-corrected chi connectivity index (χ3v) is 16.9. The molecule has 0 aliphatic carbocycles. The van der Waals surface area contributed by atoms with Gasteiger partial charge < -0.3 is 58.5 Å². The van der Waals surface area contributed by atoms with Crippen LogP contribution in [0, 0.1) is 33.8 Å². The normalized spacial score (nSPS) is 41.2. The Labute approximate surface area is 429 Å². The molecule has 5 saturated heterocycles. The van der Waals surface area contributed by atoms with E-state index in [1.54, 1.807) is 34.6 Å². The molecule has 4 N–H and O–H groups in total. The van der Waals surface area contributed by atoms with Gasteiger partial charge in [-0.1, -0.05) is 38.1 Å². The van der Waals surface area contributed by atoms with Crippen LogP contribution in [0.5, 0.6) is 0 Å². The number of methoxy groups -OCH3 is 1. The first kappa shape index (κ1) is 57.1. The van der Waals surface area contributed by atoms with Gasteiger partial charge in [0.25, 0.3) is 5.69 Å². The lowest BCUT2D eigenvalue weighted by Crippen LogP contribution is -2.61.